The van der Waals surface area contributed by atoms with Gasteiger partial charge >= 0.3 is 0 Å². The molecule has 0 radical (unpaired) electrons. The van der Waals surface area contributed by atoms with Crippen LogP contribution in [0.2, 0.25) is 0 Å². The van der Waals surface area contributed by atoms with Crippen molar-refractivity contribution in [2.75, 3.05) is 4.90 Å². The number of carbonyl (C=O) groups is 1. The molecule has 0 bridgehead atoms. The highest BCUT2D eigenvalue weighted by Crippen LogP contribution is 2.34. The fourth-order valence-corrected chi connectivity index (χ4v) is 4.64. The number of anilines is 1. The van der Waals surface area contributed by atoms with Crippen molar-refractivity contribution in [2.45, 2.75) is 23.5 Å². The fourth-order valence-electron chi connectivity index (χ4n) is 2.35. The van der Waals surface area contributed by atoms with Crippen LogP contribution in [0.25, 0.3) is 0 Å². The molecule has 0 aliphatic carbocycles. The van der Waals surface area contributed by atoms with Crippen LogP contribution in [0.1, 0.15) is 13.3 Å². The van der Waals surface area contributed by atoms with Gasteiger partial charge in [-0.15, -0.1) is 4.40 Å². The van der Waals surface area contributed by atoms with Crippen LogP contribution in [0.3, 0.4) is 0 Å². The molecular formula is C17H16N2O3S2. The lowest BCUT2D eigenvalue weighted by molar-refractivity contribution is -0.116. The average Bonchev–Trinajstić information content (AvgIpc) is 2.91. The highest BCUT2D eigenvalue weighted by molar-refractivity contribution is 8.16. The van der Waals surface area contributed by atoms with E-state index in [2.05, 4.69) is 4.40 Å². The molecule has 1 amide bonds. The first kappa shape index (κ1) is 16.7. The number of carbonyl (C=O) groups excluding carboxylic acids is 1. The molecule has 1 aliphatic rings. The molecule has 1 fully saturated rings. The van der Waals surface area contributed by atoms with E-state index >= 15 is 0 Å². The zero-order valence-corrected chi connectivity index (χ0v) is 14.6. The van der Waals surface area contributed by atoms with Crippen molar-refractivity contribution in [1.82, 2.24) is 0 Å². The SMILES string of the molecule is CC[C@@H]1SC(=NS(=O)(=O)c2ccccc2)N(c2ccccc2)C1=O. The van der Waals surface area contributed by atoms with E-state index in [-0.39, 0.29) is 21.2 Å². The number of benzene rings is 2. The molecule has 1 aliphatic heterocycles. The van der Waals surface area contributed by atoms with Crippen molar-refractivity contribution in [3.05, 3.63) is 60.7 Å². The topological polar surface area (TPSA) is 66.8 Å². The maximum Gasteiger partial charge on any atom is 0.284 e. The largest absolute Gasteiger partial charge is 0.284 e. The highest BCUT2D eigenvalue weighted by Gasteiger charge is 2.39. The molecule has 24 heavy (non-hydrogen) atoms. The summed E-state index contributed by atoms with van der Waals surface area (Å²) in [7, 11) is -3.87. The number of rotatable bonds is 4. The van der Waals surface area contributed by atoms with Gasteiger partial charge in [0.25, 0.3) is 10.0 Å². The van der Waals surface area contributed by atoms with Crippen molar-refractivity contribution < 1.29 is 13.2 Å². The summed E-state index contributed by atoms with van der Waals surface area (Å²) in [6, 6.07) is 17.0. The molecule has 0 N–H and O–H groups in total. The Morgan fingerprint density at radius 3 is 2.21 bits per heavy atom. The van der Waals surface area contributed by atoms with Crippen LogP contribution in [0.15, 0.2) is 70.0 Å². The Balaban J connectivity index is 2.06. The van der Waals surface area contributed by atoms with Gasteiger partial charge in [-0.2, -0.15) is 8.42 Å². The van der Waals surface area contributed by atoms with Gasteiger partial charge in [-0.05, 0) is 30.7 Å². The van der Waals surface area contributed by atoms with Crippen molar-refractivity contribution >= 4 is 38.5 Å². The van der Waals surface area contributed by atoms with E-state index in [1.807, 2.05) is 13.0 Å². The van der Waals surface area contributed by atoms with Crippen molar-refractivity contribution in [2.24, 2.45) is 4.40 Å². The Hall–Kier alpha value is -2.12. The van der Waals surface area contributed by atoms with Crippen LogP contribution in [-0.2, 0) is 14.8 Å². The number of amidine groups is 1. The predicted molar refractivity (Wildman–Crippen MR) is 96.7 cm³/mol. The molecule has 0 unspecified atom stereocenters. The zero-order chi connectivity index (χ0) is 17.2. The Kier molecular flexibility index (Phi) is 4.73. The summed E-state index contributed by atoms with van der Waals surface area (Å²) in [5, 5.41) is -0.128. The molecule has 1 atom stereocenters. The smallest absolute Gasteiger partial charge is 0.273 e. The van der Waals surface area contributed by atoms with E-state index < -0.39 is 10.0 Å². The Labute approximate surface area is 145 Å². The summed E-state index contributed by atoms with van der Waals surface area (Å²) in [4.78, 5) is 14.1. The van der Waals surface area contributed by atoms with Gasteiger partial charge in [0.1, 0.15) is 0 Å². The number of sulfonamides is 1. The van der Waals surface area contributed by atoms with E-state index in [4.69, 9.17) is 0 Å². The summed E-state index contributed by atoms with van der Waals surface area (Å²) in [5.74, 6) is -0.143. The molecule has 1 heterocycles. The van der Waals surface area contributed by atoms with Crippen LogP contribution in [0, 0.1) is 0 Å². The van der Waals surface area contributed by atoms with Gasteiger partial charge in [0.15, 0.2) is 5.17 Å². The highest BCUT2D eigenvalue weighted by atomic mass is 32.2. The normalized spacial score (nSPS) is 19.9. The molecule has 5 nitrogen and oxygen atoms in total. The van der Waals surface area contributed by atoms with Crippen LogP contribution < -0.4 is 4.90 Å². The number of amides is 1. The maximum atomic E-state index is 12.6. The van der Waals surface area contributed by atoms with Gasteiger partial charge in [0.2, 0.25) is 5.91 Å². The third kappa shape index (κ3) is 3.22. The number of hydrogen-bond donors (Lipinski definition) is 0. The average molecular weight is 360 g/mol. The lowest BCUT2D eigenvalue weighted by Crippen LogP contribution is -2.32. The minimum absolute atomic E-state index is 0.110. The molecular weight excluding hydrogens is 344 g/mol. The van der Waals surface area contributed by atoms with E-state index in [9.17, 15) is 13.2 Å². The van der Waals surface area contributed by atoms with E-state index in [0.29, 0.717) is 12.1 Å². The van der Waals surface area contributed by atoms with Crippen LogP contribution in [-0.4, -0.2) is 24.7 Å². The van der Waals surface area contributed by atoms with Crippen LogP contribution >= 0.6 is 11.8 Å². The standard InChI is InChI=1S/C17H16N2O3S2/c1-2-15-16(20)19(13-9-5-3-6-10-13)17(23-15)18-24(21,22)14-11-7-4-8-12-14/h3-12,15H,2H2,1H3/t15-/m0/s1. The first-order valence-electron chi connectivity index (χ1n) is 7.48. The third-order valence-electron chi connectivity index (χ3n) is 3.56. The Bertz CT molecular complexity index is 865. The first-order chi connectivity index (χ1) is 11.5. The van der Waals surface area contributed by atoms with Gasteiger partial charge in [0.05, 0.1) is 15.8 Å². The molecule has 124 valence electrons. The van der Waals surface area contributed by atoms with E-state index in [1.165, 1.54) is 28.8 Å². The maximum absolute atomic E-state index is 12.6. The van der Waals surface area contributed by atoms with E-state index in [1.54, 1.807) is 42.5 Å². The van der Waals surface area contributed by atoms with Gasteiger partial charge in [-0.1, -0.05) is 55.1 Å². The molecule has 3 rings (SSSR count). The van der Waals surface area contributed by atoms with Gasteiger partial charge < -0.3 is 0 Å². The summed E-state index contributed by atoms with van der Waals surface area (Å²) < 4.78 is 29.0. The molecule has 7 heteroatoms. The minimum atomic E-state index is -3.87. The van der Waals surface area contributed by atoms with E-state index in [0.717, 1.165) is 0 Å². The van der Waals surface area contributed by atoms with Gasteiger partial charge in [-0.3, -0.25) is 9.69 Å². The monoisotopic (exact) mass is 360 g/mol. The summed E-state index contributed by atoms with van der Waals surface area (Å²) >= 11 is 1.19. The van der Waals surface area contributed by atoms with Gasteiger partial charge in [-0.25, -0.2) is 0 Å². The first-order valence-corrected chi connectivity index (χ1v) is 9.80. The molecule has 2 aromatic carbocycles. The van der Waals surface area contributed by atoms with Crippen molar-refractivity contribution in [1.29, 1.82) is 0 Å². The molecule has 0 spiro atoms. The Morgan fingerprint density at radius 1 is 1.04 bits per heavy atom. The zero-order valence-electron chi connectivity index (χ0n) is 13.0. The summed E-state index contributed by atoms with van der Waals surface area (Å²) in [6.07, 6.45) is 0.608. The Morgan fingerprint density at radius 2 is 1.62 bits per heavy atom. The van der Waals surface area contributed by atoms with Crippen molar-refractivity contribution in [3.63, 3.8) is 0 Å². The summed E-state index contributed by atoms with van der Waals surface area (Å²) in [5.41, 5.74) is 0.618. The van der Waals surface area contributed by atoms with Crippen LogP contribution in [0.5, 0.6) is 0 Å². The quantitative estimate of drug-likeness (QED) is 0.839. The minimum Gasteiger partial charge on any atom is -0.273 e. The fraction of sp³-hybridized carbons (Fsp3) is 0.176. The molecule has 0 saturated carbocycles. The molecule has 2 aromatic rings. The van der Waals surface area contributed by atoms with Crippen molar-refractivity contribution in [3.8, 4) is 0 Å². The molecule has 0 aromatic heterocycles. The molecule has 1 saturated heterocycles. The lowest BCUT2D eigenvalue weighted by Gasteiger charge is -2.16. The number of nitrogens with zero attached hydrogens (tertiary/aromatic N) is 2. The predicted octanol–water partition coefficient (Wildman–Crippen LogP) is 3.29. The number of thioether (sulfide) groups is 1. The third-order valence-corrected chi connectivity index (χ3v) is 6.26. The summed E-state index contributed by atoms with van der Waals surface area (Å²) in [6.45, 7) is 1.90. The van der Waals surface area contributed by atoms with Gasteiger partial charge in [0, 0.05) is 0 Å². The second kappa shape index (κ2) is 6.78. The number of para-hydroxylation sites is 1. The number of hydrogen-bond acceptors (Lipinski definition) is 4. The second-order valence-corrected chi connectivity index (χ2v) is 7.96. The lowest BCUT2D eigenvalue weighted by atomic mass is 10.2. The van der Waals surface area contributed by atoms with Crippen LogP contribution in [0.4, 0.5) is 5.69 Å². The second-order valence-electron chi connectivity index (χ2n) is 5.19.